The first-order valence-electron chi connectivity index (χ1n) is 12.9. The summed E-state index contributed by atoms with van der Waals surface area (Å²) >= 11 is 0. The molecule has 1 spiro atoms. The Bertz CT molecular complexity index is 1160. The molecule has 0 unspecified atom stereocenters. The first-order valence-corrected chi connectivity index (χ1v) is 12.9. The second-order valence-electron chi connectivity index (χ2n) is 10.9. The number of nitrogens with one attached hydrogen (secondary N) is 1. The van der Waals surface area contributed by atoms with Crippen LogP contribution in [-0.4, -0.2) is 56.4 Å². The number of carbonyl (C=O) groups is 2. The number of H-pyrrole nitrogens is 1. The normalized spacial score (nSPS) is 31.4. The second-order valence-corrected chi connectivity index (χ2v) is 10.9. The van der Waals surface area contributed by atoms with E-state index in [2.05, 4.69) is 10.2 Å². The third-order valence-electron chi connectivity index (χ3n) is 8.79. The number of aromatic nitrogens is 2. The molecule has 0 bridgehead atoms. The molecule has 8 heteroatoms. The van der Waals surface area contributed by atoms with Crippen molar-refractivity contribution in [2.45, 2.75) is 82.0 Å². The van der Waals surface area contributed by atoms with Crippen LogP contribution in [0.25, 0.3) is 0 Å². The van der Waals surface area contributed by atoms with Crippen molar-refractivity contribution in [3.05, 3.63) is 46.8 Å². The number of amides is 1. The molecule has 1 aliphatic carbocycles. The van der Waals surface area contributed by atoms with Crippen LogP contribution in [0, 0.1) is 5.92 Å². The number of carboxylic acid groups (broad SMARTS) is 1. The maximum atomic E-state index is 13.9. The Morgan fingerprint density at radius 1 is 1.23 bits per heavy atom. The average molecular weight is 480 g/mol. The minimum atomic E-state index is -0.836. The zero-order valence-corrected chi connectivity index (χ0v) is 20.2. The van der Waals surface area contributed by atoms with E-state index in [1.807, 2.05) is 36.1 Å². The number of aliphatic carboxylic acids is 1. The number of likely N-dealkylation sites (tertiary alicyclic amines) is 1. The summed E-state index contributed by atoms with van der Waals surface area (Å²) < 4.78 is 13.1. The summed E-state index contributed by atoms with van der Waals surface area (Å²) in [5.41, 5.74) is 2.64. The summed E-state index contributed by atoms with van der Waals surface area (Å²) in [6.07, 6.45) is 6.80. The molecule has 2 fully saturated rings. The molecule has 0 radical (unpaired) electrons. The highest BCUT2D eigenvalue weighted by molar-refractivity contribution is 5.95. The molecule has 4 atom stereocenters. The van der Waals surface area contributed by atoms with E-state index < -0.39 is 17.1 Å². The molecular weight excluding hydrogens is 446 g/mol. The number of para-hydroxylation sites is 1. The first kappa shape index (κ1) is 22.6. The number of aryl methyl sites for hydroxylation is 1. The molecule has 35 heavy (non-hydrogen) atoms. The van der Waals surface area contributed by atoms with Crippen LogP contribution in [0.15, 0.2) is 24.3 Å². The van der Waals surface area contributed by atoms with Gasteiger partial charge in [0.1, 0.15) is 11.4 Å². The van der Waals surface area contributed by atoms with Crippen molar-refractivity contribution < 1.29 is 24.2 Å². The molecule has 6 rings (SSSR count). The Hall–Kier alpha value is -2.87. The SMILES string of the molecule is C[C@@]1(CCC(=O)O)Oc2ccccc2[C@@H]2OC[C@]3(CCCN3C(=O)c3n[nH]c4c3CCCC4)C[C@H]21. The lowest BCUT2D eigenvalue weighted by Gasteiger charge is -2.54. The summed E-state index contributed by atoms with van der Waals surface area (Å²) in [6.45, 7) is 3.16. The van der Waals surface area contributed by atoms with E-state index in [1.165, 1.54) is 0 Å². The third-order valence-corrected chi connectivity index (χ3v) is 8.79. The first-order chi connectivity index (χ1) is 16.9. The van der Waals surface area contributed by atoms with Crippen LogP contribution < -0.4 is 4.74 Å². The molecule has 2 N–H and O–H groups in total. The van der Waals surface area contributed by atoms with Gasteiger partial charge in [0.2, 0.25) is 0 Å². The Kier molecular flexibility index (Phi) is 5.40. The minimum absolute atomic E-state index is 0.00619. The summed E-state index contributed by atoms with van der Waals surface area (Å²) in [6, 6.07) is 7.89. The number of carbonyl (C=O) groups excluding carboxylic acids is 1. The van der Waals surface area contributed by atoms with Gasteiger partial charge in [-0.05, 0) is 64.4 Å². The molecule has 4 aliphatic rings. The number of aromatic amines is 1. The number of nitrogens with zero attached hydrogens (tertiary/aromatic N) is 2. The number of hydrogen-bond donors (Lipinski definition) is 2. The third kappa shape index (κ3) is 3.64. The van der Waals surface area contributed by atoms with Crippen molar-refractivity contribution in [1.82, 2.24) is 15.1 Å². The van der Waals surface area contributed by atoms with Gasteiger partial charge in [-0.1, -0.05) is 18.2 Å². The van der Waals surface area contributed by atoms with Crippen LogP contribution in [0.2, 0.25) is 0 Å². The monoisotopic (exact) mass is 479 g/mol. The lowest BCUT2D eigenvalue weighted by atomic mass is 9.68. The molecule has 1 aromatic heterocycles. The predicted molar refractivity (Wildman–Crippen MR) is 127 cm³/mol. The van der Waals surface area contributed by atoms with Gasteiger partial charge in [-0.25, -0.2) is 0 Å². The van der Waals surface area contributed by atoms with E-state index in [9.17, 15) is 14.7 Å². The molecule has 186 valence electrons. The standard InChI is InChI=1S/C27H33N3O5/c1-26(13-11-22(31)32)19-15-27(16-34-24(19)18-8-3-5-10-21(18)35-26)12-6-14-30(27)25(33)23-17-7-2-4-9-20(17)28-29-23/h3,5,8,10,19,24H,2,4,6-7,9,11-16H2,1H3,(H,28,29)(H,31,32)/t19-,24+,26+,27+/m1/s1. The number of ether oxygens (including phenoxy) is 2. The summed E-state index contributed by atoms with van der Waals surface area (Å²) in [7, 11) is 0. The molecule has 0 saturated carbocycles. The number of benzene rings is 1. The van der Waals surface area contributed by atoms with Gasteiger partial charge >= 0.3 is 5.97 Å². The van der Waals surface area contributed by atoms with Crippen molar-refractivity contribution in [3.63, 3.8) is 0 Å². The van der Waals surface area contributed by atoms with Crippen LogP contribution in [0.4, 0.5) is 0 Å². The van der Waals surface area contributed by atoms with Crippen LogP contribution >= 0.6 is 0 Å². The van der Waals surface area contributed by atoms with Crippen molar-refractivity contribution >= 4 is 11.9 Å². The van der Waals surface area contributed by atoms with E-state index in [0.29, 0.717) is 25.3 Å². The van der Waals surface area contributed by atoms with Crippen molar-refractivity contribution in [3.8, 4) is 5.75 Å². The zero-order valence-electron chi connectivity index (χ0n) is 20.2. The Morgan fingerprint density at radius 3 is 2.91 bits per heavy atom. The van der Waals surface area contributed by atoms with Crippen molar-refractivity contribution in [2.75, 3.05) is 13.2 Å². The van der Waals surface area contributed by atoms with Gasteiger partial charge in [-0.2, -0.15) is 5.10 Å². The summed E-state index contributed by atoms with van der Waals surface area (Å²) in [5, 5.41) is 17.0. The summed E-state index contributed by atoms with van der Waals surface area (Å²) in [4.78, 5) is 27.4. The van der Waals surface area contributed by atoms with Gasteiger partial charge in [-0.15, -0.1) is 0 Å². The highest BCUT2D eigenvalue weighted by atomic mass is 16.5. The van der Waals surface area contributed by atoms with Gasteiger partial charge in [-0.3, -0.25) is 14.7 Å². The average Bonchev–Trinajstić information content (AvgIpc) is 3.47. The quantitative estimate of drug-likeness (QED) is 0.685. The number of rotatable bonds is 4. The molecule has 8 nitrogen and oxygen atoms in total. The van der Waals surface area contributed by atoms with Crippen molar-refractivity contribution in [2.24, 2.45) is 5.92 Å². The Balaban J connectivity index is 1.33. The molecule has 2 aromatic rings. The van der Waals surface area contributed by atoms with E-state index >= 15 is 0 Å². The van der Waals surface area contributed by atoms with E-state index in [4.69, 9.17) is 9.47 Å². The fourth-order valence-corrected chi connectivity index (χ4v) is 6.91. The molecule has 2 saturated heterocycles. The largest absolute Gasteiger partial charge is 0.487 e. The molecular formula is C27H33N3O5. The predicted octanol–water partition coefficient (Wildman–Crippen LogP) is 4.06. The highest BCUT2D eigenvalue weighted by Crippen LogP contribution is 2.55. The van der Waals surface area contributed by atoms with Crippen LogP contribution in [-0.2, 0) is 22.4 Å². The van der Waals surface area contributed by atoms with Gasteiger partial charge in [0, 0.05) is 35.7 Å². The zero-order chi connectivity index (χ0) is 24.2. The van der Waals surface area contributed by atoms with E-state index in [-0.39, 0.29) is 24.3 Å². The van der Waals surface area contributed by atoms with Gasteiger partial charge < -0.3 is 19.5 Å². The number of fused-ring (bicyclic) bond motifs is 4. The van der Waals surface area contributed by atoms with Gasteiger partial charge in [0.15, 0.2) is 5.69 Å². The van der Waals surface area contributed by atoms with Crippen molar-refractivity contribution in [1.29, 1.82) is 0 Å². The minimum Gasteiger partial charge on any atom is -0.487 e. The fourth-order valence-electron chi connectivity index (χ4n) is 6.91. The topological polar surface area (TPSA) is 105 Å². The molecule has 3 aliphatic heterocycles. The second kappa shape index (κ2) is 8.36. The molecule has 1 aromatic carbocycles. The molecule has 1 amide bonds. The Morgan fingerprint density at radius 2 is 2.06 bits per heavy atom. The van der Waals surface area contributed by atoms with Crippen LogP contribution in [0.1, 0.15) is 85.3 Å². The van der Waals surface area contributed by atoms with Gasteiger partial charge in [0.25, 0.3) is 5.91 Å². The molecule has 4 heterocycles. The highest BCUT2D eigenvalue weighted by Gasteiger charge is 2.57. The fraction of sp³-hybridized carbons (Fsp3) is 0.593. The number of hydrogen-bond acceptors (Lipinski definition) is 5. The van der Waals surface area contributed by atoms with E-state index in [1.54, 1.807) is 0 Å². The smallest absolute Gasteiger partial charge is 0.303 e. The lowest BCUT2D eigenvalue weighted by molar-refractivity contribution is -0.169. The lowest BCUT2D eigenvalue weighted by Crippen LogP contribution is -2.60. The van der Waals surface area contributed by atoms with Crippen LogP contribution in [0.3, 0.4) is 0 Å². The van der Waals surface area contributed by atoms with E-state index in [0.717, 1.165) is 67.5 Å². The number of carboxylic acids is 1. The van der Waals surface area contributed by atoms with Crippen LogP contribution in [0.5, 0.6) is 5.75 Å². The maximum Gasteiger partial charge on any atom is 0.303 e. The Labute approximate surface area is 205 Å². The summed E-state index contributed by atoms with van der Waals surface area (Å²) in [5.74, 6) is -0.141. The van der Waals surface area contributed by atoms with Gasteiger partial charge in [0.05, 0.1) is 18.2 Å². The maximum absolute atomic E-state index is 13.9.